The molecule has 0 saturated carbocycles. The molecule has 0 saturated heterocycles. The molecule has 1 aromatic carbocycles. The highest BCUT2D eigenvalue weighted by Crippen LogP contribution is 2.14. The van der Waals surface area contributed by atoms with Crippen LogP contribution in [-0.2, 0) is 0 Å². The number of carbonyl (C=O) groups excluding carboxylic acids is 2. The molecule has 2 rings (SSSR count). The summed E-state index contributed by atoms with van der Waals surface area (Å²) in [7, 11) is 0. The second-order valence-corrected chi connectivity index (χ2v) is 3.03. The molecule has 0 spiro atoms. The van der Waals surface area contributed by atoms with Crippen molar-refractivity contribution in [2.45, 2.75) is 0 Å². The summed E-state index contributed by atoms with van der Waals surface area (Å²) in [6, 6.07) is 9.53. The van der Waals surface area contributed by atoms with Crippen LogP contribution in [0.15, 0.2) is 24.3 Å². The van der Waals surface area contributed by atoms with E-state index in [1.807, 2.05) is 0 Å². The summed E-state index contributed by atoms with van der Waals surface area (Å²) in [6.45, 7) is 0. The Hall–Kier alpha value is -2.23. The van der Waals surface area contributed by atoms with Gasteiger partial charge in [-0.3, -0.25) is 9.59 Å². The van der Waals surface area contributed by atoms with Gasteiger partial charge < -0.3 is 5.73 Å². The van der Waals surface area contributed by atoms with Crippen LogP contribution in [0.1, 0.15) is 20.8 Å². The minimum Gasteiger partial charge on any atom is -0.364 e. The van der Waals surface area contributed by atoms with E-state index in [4.69, 9.17) is 5.73 Å². The van der Waals surface area contributed by atoms with Crippen molar-refractivity contribution in [2.75, 3.05) is 0 Å². The van der Waals surface area contributed by atoms with E-state index in [2.05, 4.69) is 11.1 Å². The molecule has 4 heteroatoms. The Balaban J connectivity index is 2.80. The molecule has 0 bridgehead atoms. The molecular formula is C11H7N2O2. The normalized spacial score (nSPS) is 10.1. The van der Waals surface area contributed by atoms with E-state index >= 15 is 0 Å². The van der Waals surface area contributed by atoms with Crippen LogP contribution in [0.5, 0.6) is 0 Å². The molecule has 0 aliphatic heterocycles. The Morgan fingerprint density at radius 3 is 3.00 bits per heavy atom. The van der Waals surface area contributed by atoms with Crippen molar-refractivity contribution in [2.24, 2.45) is 5.73 Å². The van der Waals surface area contributed by atoms with Crippen molar-refractivity contribution in [3.8, 4) is 0 Å². The minimum atomic E-state index is -0.706. The molecule has 73 valence electrons. The molecule has 0 aliphatic rings. The second kappa shape index (κ2) is 3.49. The highest BCUT2D eigenvalue weighted by atomic mass is 16.1. The van der Waals surface area contributed by atoms with E-state index in [9.17, 15) is 9.59 Å². The fourth-order valence-electron chi connectivity index (χ4n) is 1.36. The Labute approximate surface area is 85.7 Å². The van der Waals surface area contributed by atoms with Crippen molar-refractivity contribution in [3.63, 3.8) is 0 Å². The van der Waals surface area contributed by atoms with Crippen LogP contribution in [0.2, 0.25) is 0 Å². The third kappa shape index (κ3) is 1.57. The van der Waals surface area contributed by atoms with Crippen LogP contribution in [0.3, 0.4) is 0 Å². The molecule has 1 aromatic heterocycles. The summed E-state index contributed by atoms with van der Waals surface area (Å²) >= 11 is 0. The lowest BCUT2D eigenvalue weighted by molar-refractivity contribution is 0.0988. The predicted molar refractivity (Wildman–Crippen MR) is 54.5 cm³/mol. The lowest BCUT2D eigenvalue weighted by atomic mass is 10.1. The molecule has 0 unspecified atom stereocenters. The van der Waals surface area contributed by atoms with Gasteiger partial charge in [0.2, 0.25) is 0 Å². The van der Waals surface area contributed by atoms with E-state index in [1.54, 1.807) is 24.3 Å². The van der Waals surface area contributed by atoms with Crippen LogP contribution < -0.4 is 5.73 Å². The zero-order valence-electron chi connectivity index (χ0n) is 7.73. The number of amides is 1. The van der Waals surface area contributed by atoms with Crippen molar-refractivity contribution >= 4 is 23.1 Å². The summed E-state index contributed by atoms with van der Waals surface area (Å²) in [5.41, 5.74) is 5.91. The van der Waals surface area contributed by atoms with Gasteiger partial charge in [0.1, 0.15) is 5.69 Å². The largest absolute Gasteiger partial charge is 0.364 e. The number of carbonyl (C=O) groups is 2. The first kappa shape index (κ1) is 9.33. The molecule has 1 amide bonds. The lowest BCUT2D eigenvalue weighted by Gasteiger charge is -2.02. The molecule has 1 heterocycles. The van der Waals surface area contributed by atoms with Crippen LogP contribution >= 0.6 is 0 Å². The Morgan fingerprint density at radius 1 is 1.53 bits per heavy atom. The fourth-order valence-corrected chi connectivity index (χ4v) is 1.36. The first-order valence-corrected chi connectivity index (χ1v) is 4.28. The standard InChI is InChI=1S/C11H7N2O2/c12-11(15)10-8(6-14)5-7-3-1-2-4-9(7)13-10/h1,3-6H,(H2,12,15). The molecule has 0 atom stereocenters. The van der Waals surface area contributed by atoms with Gasteiger partial charge in [-0.15, -0.1) is 0 Å². The average Bonchev–Trinajstić information content (AvgIpc) is 2.27. The van der Waals surface area contributed by atoms with Crippen molar-refractivity contribution in [1.29, 1.82) is 0 Å². The first-order chi connectivity index (χ1) is 7.22. The zero-order valence-corrected chi connectivity index (χ0v) is 7.73. The third-order valence-electron chi connectivity index (χ3n) is 2.05. The molecule has 15 heavy (non-hydrogen) atoms. The van der Waals surface area contributed by atoms with Crippen LogP contribution in [0.25, 0.3) is 10.9 Å². The van der Waals surface area contributed by atoms with Gasteiger partial charge in [-0.2, -0.15) is 0 Å². The zero-order chi connectivity index (χ0) is 10.8. The average molecular weight is 199 g/mol. The number of primary amides is 1. The smallest absolute Gasteiger partial charge is 0.268 e. The predicted octanol–water partition coefficient (Wildman–Crippen LogP) is 0.946. The van der Waals surface area contributed by atoms with Gasteiger partial charge in [-0.25, -0.2) is 4.98 Å². The van der Waals surface area contributed by atoms with Gasteiger partial charge in [0.15, 0.2) is 6.29 Å². The number of pyridine rings is 1. The first-order valence-electron chi connectivity index (χ1n) is 4.28. The van der Waals surface area contributed by atoms with Gasteiger partial charge in [-0.1, -0.05) is 12.1 Å². The number of hydrogen-bond donors (Lipinski definition) is 1. The summed E-state index contributed by atoms with van der Waals surface area (Å²) in [5, 5.41) is 0.779. The molecule has 2 N–H and O–H groups in total. The highest BCUT2D eigenvalue weighted by Gasteiger charge is 2.10. The van der Waals surface area contributed by atoms with Gasteiger partial charge in [0.25, 0.3) is 5.91 Å². The topological polar surface area (TPSA) is 73.1 Å². The maximum Gasteiger partial charge on any atom is 0.268 e. The summed E-state index contributed by atoms with van der Waals surface area (Å²) in [5.74, 6) is -0.706. The number of aromatic nitrogens is 1. The molecule has 1 radical (unpaired) electrons. The van der Waals surface area contributed by atoms with Gasteiger partial charge >= 0.3 is 0 Å². The van der Waals surface area contributed by atoms with E-state index in [0.717, 1.165) is 5.39 Å². The SMILES string of the molecule is NC(=O)c1nc2c[c]ccc2cc1C=O. The minimum absolute atomic E-state index is 0.00269. The molecule has 0 aliphatic carbocycles. The van der Waals surface area contributed by atoms with Crippen molar-refractivity contribution in [1.82, 2.24) is 4.98 Å². The highest BCUT2D eigenvalue weighted by molar-refractivity contribution is 6.01. The van der Waals surface area contributed by atoms with E-state index < -0.39 is 5.91 Å². The van der Waals surface area contributed by atoms with E-state index in [1.165, 1.54) is 0 Å². The monoisotopic (exact) mass is 199 g/mol. The number of hydrogen-bond acceptors (Lipinski definition) is 3. The Bertz CT molecular complexity index is 549. The Kier molecular flexibility index (Phi) is 2.17. The summed E-state index contributed by atoms with van der Waals surface area (Å²) < 4.78 is 0. The number of aldehydes is 1. The van der Waals surface area contributed by atoms with Crippen LogP contribution in [0, 0.1) is 6.07 Å². The molecule has 0 fully saturated rings. The van der Waals surface area contributed by atoms with Crippen molar-refractivity contribution < 1.29 is 9.59 Å². The molecule has 4 nitrogen and oxygen atoms in total. The van der Waals surface area contributed by atoms with Gasteiger partial charge in [0.05, 0.1) is 5.52 Å². The fraction of sp³-hybridized carbons (Fsp3) is 0. The summed E-state index contributed by atoms with van der Waals surface area (Å²) in [4.78, 5) is 25.7. The molecular weight excluding hydrogens is 192 g/mol. The second-order valence-electron chi connectivity index (χ2n) is 3.03. The maximum absolute atomic E-state index is 11.0. The van der Waals surface area contributed by atoms with E-state index in [0.29, 0.717) is 11.8 Å². The number of nitrogens with zero attached hydrogens (tertiary/aromatic N) is 1. The number of rotatable bonds is 2. The number of benzene rings is 1. The maximum atomic E-state index is 11.0. The Morgan fingerprint density at radius 2 is 2.33 bits per heavy atom. The van der Waals surface area contributed by atoms with Crippen molar-refractivity contribution in [3.05, 3.63) is 41.6 Å². The lowest BCUT2D eigenvalue weighted by Crippen LogP contribution is -2.15. The van der Waals surface area contributed by atoms with Crippen LogP contribution in [-0.4, -0.2) is 17.2 Å². The van der Waals surface area contributed by atoms with Gasteiger partial charge in [0, 0.05) is 10.9 Å². The number of fused-ring (bicyclic) bond motifs is 1. The third-order valence-corrected chi connectivity index (χ3v) is 2.05. The van der Waals surface area contributed by atoms with Crippen LogP contribution in [0.4, 0.5) is 0 Å². The van der Waals surface area contributed by atoms with Gasteiger partial charge in [-0.05, 0) is 18.2 Å². The van der Waals surface area contributed by atoms with E-state index in [-0.39, 0.29) is 11.3 Å². The molecule has 2 aromatic rings. The summed E-state index contributed by atoms with van der Waals surface area (Å²) in [6.07, 6.45) is 0.573. The quantitative estimate of drug-likeness (QED) is 0.731. The number of nitrogens with two attached hydrogens (primary N) is 1.